The molecule has 3 nitrogen and oxygen atoms in total. The molecule has 0 aliphatic heterocycles. The first-order chi connectivity index (χ1) is 9.25. The summed E-state index contributed by atoms with van der Waals surface area (Å²) in [6.07, 6.45) is 0. The number of aromatic amines is 1. The van der Waals surface area contributed by atoms with Gasteiger partial charge in [-0.3, -0.25) is 4.79 Å². The molecule has 0 aliphatic rings. The number of H-pyrrole nitrogens is 1. The Morgan fingerprint density at radius 2 is 1.63 bits per heavy atom. The average molecular weight is 250 g/mol. The molecule has 1 aromatic heterocycles. The molecule has 0 saturated carbocycles. The minimum absolute atomic E-state index is 0.0628. The van der Waals surface area contributed by atoms with Crippen LogP contribution in [0.2, 0.25) is 0 Å². The van der Waals surface area contributed by atoms with Crippen molar-refractivity contribution in [1.82, 2.24) is 4.98 Å². The van der Waals surface area contributed by atoms with Crippen LogP contribution in [0.1, 0.15) is 5.56 Å². The zero-order valence-electron chi connectivity index (χ0n) is 10.6. The summed E-state index contributed by atoms with van der Waals surface area (Å²) in [6, 6.07) is 17.3. The summed E-state index contributed by atoms with van der Waals surface area (Å²) in [5, 5.41) is 3.97. The highest BCUT2D eigenvalue weighted by molar-refractivity contribution is 5.82. The molecule has 19 heavy (non-hydrogen) atoms. The molecule has 0 unspecified atom stereocenters. The van der Waals surface area contributed by atoms with E-state index in [0.717, 1.165) is 22.4 Å². The van der Waals surface area contributed by atoms with Crippen molar-refractivity contribution in [1.29, 1.82) is 0 Å². The summed E-state index contributed by atoms with van der Waals surface area (Å²) >= 11 is 0. The molecule has 0 fully saturated rings. The van der Waals surface area contributed by atoms with E-state index < -0.39 is 0 Å². The summed E-state index contributed by atoms with van der Waals surface area (Å²) in [7, 11) is 0. The minimum Gasteiger partial charge on any atom is -0.341 e. The van der Waals surface area contributed by atoms with Crippen LogP contribution in [0.15, 0.2) is 59.4 Å². The van der Waals surface area contributed by atoms with E-state index in [1.165, 1.54) is 0 Å². The Morgan fingerprint density at radius 1 is 0.947 bits per heavy atom. The van der Waals surface area contributed by atoms with Crippen molar-refractivity contribution in [2.45, 2.75) is 6.92 Å². The lowest BCUT2D eigenvalue weighted by Crippen LogP contribution is -2.10. The predicted molar refractivity (Wildman–Crippen MR) is 79.0 cm³/mol. The predicted octanol–water partition coefficient (Wildman–Crippen LogP) is 3.58. The van der Waals surface area contributed by atoms with Crippen LogP contribution in [0.4, 0.5) is 11.5 Å². The quantitative estimate of drug-likeness (QED) is 0.730. The molecule has 0 radical (unpaired) electrons. The Kier molecular flexibility index (Phi) is 2.80. The van der Waals surface area contributed by atoms with E-state index in [9.17, 15) is 4.79 Å². The fourth-order valence-electron chi connectivity index (χ4n) is 2.12. The van der Waals surface area contributed by atoms with Crippen molar-refractivity contribution >= 4 is 22.4 Å². The minimum atomic E-state index is 0.0628. The Balaban J connectivity index is 2.14. The Morgan fingerprint density at radius 3 is 2.42 bits per heavy atom. The van der Waals surface area contributed by atoms with Gasteiger partial charge in [0.05, 0.1) is 5.52 Å². The first-order valence-corrected chi connectivity index (χ1v) is 6.19. The third-order valence-corrected chi connectivity index (χ3v) is 3.19. The second-order valence-electron chi connectivity index (χ2n) is 4.49. The lowest BCUT2D eigenvalue weighted by atomic mass is 10.1. The van der Waals surface area contributed by atoms with Gasteiger partial charge < -0.3 is 10.3 Å². The number of para-hydroxylation sites is 2. The number of hydrogen-bond acceptors (Lipinski definition) is 2. The van der Waals surface area contributed by atoms with Crippen LogP contribution in [0, 0.1) is 6.92 Å². The van der Waals surface area contributed by atoms with Crippen molar-refractivity contribution in [3.05, 3.63) is 70.4 Å². The van der Waals surface area contributed by atoms with E-state index in [2.05, 4.69) is 10.3 Å². The number of pyridine rings is 1. The fraction of sp³-hybridized carbons (Fsp3) is 0.0625. The van der Waals surface area contributed by atoms with Crippen LogP contribution >= 0.6 is 0 Å². The normalized spacial score (nSPS) is 10.6. The molecule has 3 rings (SSSR count). The molecule has 94 valence electrons. The first kappa shape index (κ1) is 11.5. The molecule has 2 N–H and O–H groups in total. The largest absolute Gasteiger partial charge is 0.341 e. The number of rotatable bonds is 2. The van der Waals surface area contributed by atoms with E-state index >= 15 is 0 Å². The van der Waals surface area contributed by atoms with Crippen molar-refractivity contribution < 1.29 is 0 Å². The molecular weight excluding hydrogens is 236 g/mol. The topological polar surface area (TPSA) is 44.9 Å². The molecular formula is C16H14N2O. The smallest absolute Gasteiger partial charge is 0.194 e. The van der Waals surface area contributed by atoms with Crippen molar-refractivity contribution in [2.24, 2.45) is 0 Å². The van der Waals surface area contributed by atoms with Gasteiger partial charge >= 0.3 is 0 Å². The molecule has 0 bridgehead atoms. The number of fused-ring (bicyclic) bond motifs is 1. The zero-order valence-corrected chi connectivity index (χ0v) is 10.6. The third kappa shape index (κ3) is 2.10. The summed E-state index contributed by atoms with van der Waals surface area (Å²) in [4.78, 5) is 15.6. The molecule has 3 aromatic rings. The van der Waals surface area contributed by atoms with Gasteiger partial charge in [0.1, 0.15) is 5.82 Å². The van der Waals surface area contributed by atoms with Crippen LogP contribution in [-0.4, -0.2) is 4.98 Å². The van der Waals surface area contributed by atoms with Crippen LogP contribution < -0.4 is 10.7 Å². The molecule has 0 aliphatic carbocycles. The molecule has 0 atom stereocenters. The Labute approximate surface area is 110 Å². The van der Waals surface area contributed by atoms with E-state index in [4.69, 9.17) is 0 Å². The highest BCUT2D eigenvalue weighted by Gasteiger charge is 2.07. The zero-order chi connectivity index (χ0) is 13.2. The van der Waals surface area contributed by atoms with Crippen LogP contribution in [0.3, 0.4) is 0 Å². The lowest BCUT2D eigenvalue weighted by Gasteiger charge is -2.10. The summed E-state index contributed by atoms with van der Waals surface area (Å²) in [5.41, 5.74) is 2.56. The van der Waals surface area contributed by atoms with Crippen molar-refractivity contribution in [2.75, 3.05) is 5.32 Å². The molecule has 0 amide bonds. The van der Waals surface area contributed by atoms with Crippen LogP contribution in [0.5, 0.6) is 0 Å². The van der Waals surface area contributed by atoms with Crippen molar-refractivity contribution in [3.63, 3.8) is 0 Å². The van der Waals surface area contributed by atoms with Gasteiger partial charge in [0, 0.05) is 16.6 Å². The third-order valence-electron chi connectivity index (χ3n) is 3.19. The highest BCUT2D eigenvalue weighted by atomic mass is 16.1. The fourth-order valence-corrected chi connectivity index (χ4v) is 2.12. The van der Waals surface area contributed by atoms with Gasteiger partial charge in [-0.05, 0) is 31.2 Å². The summed E-state index contributed by atoms with van der Waals surface area (Å²) in [6.45, 7) is 1.83. The average Bonchev–Trinajstić information content (AvgIpc) is 2.46. The van der Waals surface area contributed by atoms with Gasteiger partial charge in [-0.2, -0.15) is 0 Å². The Hall–Kier alpha value is -2.55. The molecule has 0 saturated heterocycles. The van der Waals surface area contributed by atoms with E-state index in [0.29, 0.717) is 5.56 Å². The number of aromatic nitrogens is 1. The lowest BCUT2D eigenvalue weighted by molar-refractivity contribution is 1.28. The summed E-state index contributed by atoms with van der Waals surface area (Å²) in [5.74, 6) is 0.745. The number of hydrogen-bond donors (Lipinski definition) is 2. The van der Waals surface area contributed by atoms with Crippen LogP contribution in [-0.2, 0) is 0 Å². The van der Waals surface area contributed by atoms with Crippen LogP contribution in [0.25, 0.3) is 10.9 Å². The SMILES string of the molecule is Cc1c(Nc2ccccc2)[nH]c2ccccc2c1=O. The maximum absolute atomic E-state index is 12.3. The van der Waals surface area contributed by atoms with Gasteiger partial charge in [0.15, 0.2) is 5.43 Å². The first-order valence-electron chi connectivity index (χ1n) is 6.19. The highest BCUT2D eigenvalue weighted by Crippen LogP contribution is 2.19. The molecule has 2 aromatic carbocycles. The maximum Gasteiger partial charge on any atom is 0.194 e. The number of benzene rings is 2. The van der Waals surface area contributed by atoms with Gasteiger partial charge in [0.2, 0.25) is 0 Å². The van der Waals surface area contributed by atoms with Gasteiger partial charge in [0.25, 0.3) is 0 Å². The Bertz CT molecular complexity index is 776. The van der Waals surface area contributed by atoms with Crippen molar-refractivity contribution in [3.8, 4) is 0 Å². The second kappa shape index (κ2) is 4.61. The monoisotopic (exact) mass is 250 g/mol. The van der Waals surface area contributed by atoms with Gasteiger partial charge in [-0.1, -0.05) is 30.3 Å². The number of anilines is 2. The van der Waals surface area contributed by atoms with E-state index in [-0.39, 0.29) is 5.43 Å². The molecule has 1 heterocycles. The maximum atomic E-state index is 12.3. The molecule has 0 spiro atoms. The second-order valence-corrected chi connectivity index (χ2v) is 4.49. The van der Waals surface area contributed by atoms with E-state index in [1.807, 2.05) is 61.5 Å². The van der Waals surface area contributed by atoms with Gasteiger partial charge in [-0.15, -0.1) is 0 Å². The summed E-state index contributed by atoms with van der Waals surface area (Å²) < 4.78 is 0. The standard InChI is InChI=1S/C16H14N2O/c1-11-15(19)13-9-5-6-10-14(13)18-16(11)17-12-7-3-2-4-8-12/h2-10H,1H3,(H2,17,18,19). The molecule has 3 heteroatoms. The van der Waals surface area contributed by atoms with Gasteiger partial charge in [-0.25, -0.2) is 0 Å². The number of nitrogens with one attached hydrogen (secondary N) is 2. The van der Waals surface area contributed by atoms with E-state index in [1.54, 1.807) is 0 Å².